The normalized spacial score (nSPS) is 12.5. The molecule has 4 rings (SSSR count). The Labute approximate surface area is 155 Å². The maximum Gasteiger partial charge on any atom is 0.198 e. The van der Waals surface area contributed by atoms with E-state index in [9.17, 15) is 9.59 Å². The van der Waals surface area contributed by atoms with Crippen LogP contribution < -0.4 is 10.5 Å². The molecule has 2 N–H and O–H groups in total. The molecule has 1 aliphatic rings. The van der Waals surface area contributed by atoms with E-state index in [0.717, 1.165) is 5.56 Å². The number of carbonyl (C=O) groups is 2. The highest BCUT2D eigenvalue weighted by atomic mass is 35.5. The molecule has 3 aromatic carbocycles. The lowest BCUT2D eigenvalue weighted by molar-refractivity contribution is 0.0977. The molecule has 0 bridgehead atoms. The highest BCUT2D eigenvalue weighted by Gasteiger charge is 2.33. The number of ketones is 2. The molecular formula is C21H14ClNO3. The molecule has 4 nitrogen and oxygen atoms in total. The average molecular weight is 364 g/mol. The molecule has 0 spiro atoms. The summed E-state index contributed by atoms with van der Waals surface area (Å²) in [5, 5.41) is 0.598. The second-order valence-electron chi connectivity index (χ2n) is 6.12. The number of hydrogen-bond acceptors (Lipinski definition) is 4. The topological polar surface area (TPSA) is 69.4 Å². The number of aryl methyl sites for hydroxylation is 1. The van der Waals surface area contributed by atoms with E-state index in [2.05, 4.69) is 0 Å². The zero-order valence-corrected chi connectivity index (χ0v) is 14.6. The van der Waals surface area contributed by atoms with Crippen molar-refractivity contribution < 1.29 is 14.3 Å². The number of benzene rings is 3. The molecule has 0 aliphatic heterocycles. The molecule has 0 amide bonds. The Bertz CT molecular complexity index is 1090. The fourth-order valence-electron chi connectivity index (χ4n) is 3.17. The van der Waals surface area contributed by atoms with E-state index in [1.807, 2.05) is 6.92 Å². The minimum absolute atomic E-state index is 0.254. The van der Waals surface area contributed by atoms with Gasteiger partial charge in [-0.25, -0.2) is 0 Å². The molecule has 1 aliphatic carbocycles. The molecule has 0 aromatic heterocycles. The smallest absolute Gasteiger partial charge is 0.198 e. The standard InChI is InChI=1S/C21H14ClNO3/c1-11-10-12(22)8-9-16(11)26-17-7-3-5-14-19(17)21(25)13-4-2-6-15(23)18(13)20(14)24/h2-10H,23H2,1H3. The Kier molecular flexibility index (Phi) is 3.78. The molecule has 128 valence electrons. The molecule has 0 saturated carbocycles. The highest BCUT2D eigenvalue weighted by Crippen LogP contribution is 2.37. The predicted octanol–water partition coefficient (Wildman–Crippen LogP) is 4.80. The van der Waals surface area contributed by atoms with Crippen LogP contribution in [0.15, 0.2) is 54.6 Å². The van der Waals surface area contributed by atoms with Gasteiger partial charge in [-0.15, -0.1) is 0 Å². The number of carbonyl (C=O) groups excluding carboxylic acids is 2. The number of fused-ring (bicyclic) bond motifs is 2. The maximum absolute atomic E-state index is 13.0. The molecule has 0 fully saturated rings. The number of anilines is 1. The third-order valence-corrected chi connectivity index (χ3v) is 4.66. The predicted molar refractivity (Wildman–Crippen MR) is 100 cm³/mol. The number of nitrogens with two attached hydrogens (primary N) is 1. The van der Waals surface area contributed by atoms with Gasteiger partial charge in [0.25, 0.3) is 0 Å². The Balaban J connectivity index is 1.86. The highest BCUT2D eigenvalue weighted by molar-refractivity contribution is 6.31. The Morgan fingerprint density at radius 1 is 0.846 bits per heavy atom. The van der Waals surface area contributed by atoms with Crippen molar-refractivity contribution in [1.82, 2.24) is 0 Å². The van der Waals surface area contributed by atoms with Gasteiger partial charge in [-0.1, -0.05) is 35.9 Å². The van der Waals surface area contributed by atoms with Gasteiger partial charge in [-0.05, 0) is 42.8 Å². The van der Waals surface area contributed by atoms with Crippen LogP contribution in [-0.2, 0) is 0 Å². The number of ether oxygens (including phenoxy) is 1. The minimum Gasteiger partial charge on any atom is -0.456 e. The summed E-state index contributed by atoms with van der Waals surface area (Å²) < 4.78 is 5.96. The van der Waals surface area contributed by atoms with E-state index in [4.69, 9.17) is 22.1 Å². The van der Waals surface area contributed by atoms with Crippen LogP contribution in [-0.4, -0.2) is 11.6 Å². The summed E-state index contributed by atoms with van der Waals surface area (Å²) in [6.07, 6.45) is 0. The van der Waals surface area contributed by atoms with Crippen LogP contribution in [0, 0.1) is 6.92 Å². The van der Waals surface area contributed by atoms with Crippen LogP contribution in [0.1, 0.15) is 37.4 Å². The van der Waals surface area contributed by atoms with Crippen molar-refractivity contribution in [2.45, 2.75) is 6.92 Å². The van der Waals surface area contributed by atoms with Gasteiger partial charge in [0.15, 0.2) is 11.6 Å². The Hall–Kier alpha value is -3.11. The van der Waals surface area contributed by atoms with Crippen molar-refractivity contribution >= 4 is 28.9 Å². The quantitative estimate of drug-likeness (QED) is 0.519. The van der Waals surface area contributed by atoms with Crippen molar-refractivity contribution in [3.63, 3.8) is 0 Å². The number of hydrogen-bond donors (Lipinski definition) is 1. The first kappa shape index (κ1) is 16.4. The van der Waals surface area contributed by atoms with E-state index in [1.54, 1.807) is 54.6 Å². The molecule has 3 aromatic rings. The van der Waals surface area contributed by atoms with Gasteiger partial charge in [0.1, 0.15) is 11.5 Å². The van der Waals surface area contributed by atoms with Crippen molar-refractivity contribution in [3.05, 3.63) is 87.4 Å². The molecule has 26 heavy (non-hydrogen) atoms. The monoisotopic (exact) mass is 363 g/mol. The van der Waals surface area contributed by atoms with Gasteiger partial charge in [-0.2, -0.15) is 0 Å². The van der Waals surface area contributed by atoms with Crippen molar-refractivity contribution in [2.24, 2.45) is 0 Å². The van der Waals surface area contributed by atoms with Crippen molar-refractivity contribution in [2.75, 3.05) is 5.73 Å². The van der Waals surface area contributed by atoms with Crippen LogP contribution in [0.2, 0.25) is 5.02 Å². The zero-order chi connectivity index (χ0) is 18.4. The van der Waals surface area contributed by atoms with Crippen LogP contribution >= 0.6 is 11.6 Å². The fourth-order valence-corrected chi connectivity index (χ4v) is 3.39. The van der Waals surface area contributed by atoms with Gasteiger partial charge in [0.05, 0.1) is 11.1 Å². The number of rotatable bonds is 2. The number of halogens is 1. The summed E-state index contributed by atoms with van der Waals surface area (Å²) in [6, 6.07) is 15.1. The summed E-state index contributed by atoms with van der Waals surface area (Å²) in [5.74, 6) is 0.357. The summed E-state index contributed by atoms with van der Waals surface area (Å²) in [6.45, 7) is 1.86. The van der Waals surface area contributed by atoms with E-state index < -0.39 is 0 Å². The second-order valence-corrected chi connectivity index (χ2v) is 6.56. The average Bonchev–Trinajstić information content (AvgIpc) is 2.62. The lowest BCUT2D eigenvalue weighted by Gasteiger charge is -2.21. The van der Waals surface area contributed by atoms with E-state index >= 15 is 0 Å². The van der Waals surface area contributed by atoms with E-state index in [0.29, 0.717) is 33.3 Å². The Morgan fingerprint density at radius 2 is 1.50 bits per heavy atom. The fraction of sp³-hybridized carbons (Fsp3) is 0.0476. The third kappa shape index (κ3) is 2.47. The number of nitrogen functional groups attached to an aromatic ring is 1. The van der Waals surface area contributed by atoms with Crippen LogP contribution in [0.3, 0.4) is 0 Å². The zero-order valence-electron chi connectivity index (χ0n) is 13.9. The summed E-state index contributed by atoms with van der Waals surface area (Å²) >= 11 is 5.98. The van der Waals surface area contributed by atoms with Crippen LogP contribution in [0.25, 0.3) is 0 Å². The van der Waals surface area contributed by atoms with Crippen molar-refractivity contribution in [1.29, 1.82) is 0 Å². The van der Waals surface area contributed by atoms with Crippen LogP contribution in [0.5, 0.6) is 11.5 Å². The first-order valence-electron chi connectivity index (χ1n) is 8.02. The lowest BCUT2D eigenvalue weighted by atomic mass is 9.83. The summed E-state index contributed by atoms with van der Waals surface area (Å²) in [4.78, 5) is 25.9. The van der Waals surface area contributed by atoms with Gasteiger partial charge in [0.2, 0.25) is 0 Å². The molecular weight excluding hydrogens is 350 g/mol. The van der Waals surface area contributed by atoms with E-state index in [-0.39, 0.29) is 22.7 Å². The van der Waals surface area contributed by atoms with Crippen LogP contribution in [0.4, 0.5) is 5.69 Å². The molecule has 0 saturated heterocycles. The van der Waals surface area contributed by atoms with Gasteiger partial charge >= 0.3 is 0 Å². The molecule has 5 heteroatoms. The minimum atomic E-state index is -0.274. The van der Waals surface area contributed by atoms with Gasteiger partial charge < -0.3 is 10.5 Å². The van der Waals surface area contributed by atoms with E-state index in [1.165, 1.54) is 0 Å². The molecule has 0 atom stereocenters. The summed E-state index contributed by atoms with van der Waals surface area (Å²) in [5.41, 5.74) is 8.16. The first-order chi connectivity index (χ1) is 12.5. The van der Waals surface area contributed by atoms with Gasteiger partial charge in [0, 0.05) is 21.8 Å². The maximum atomic E-state index is 13.0. The largest absolute Gasteiger partial charge is 0.456 e. The molecule has 0 heterocycles. The lowest BCUT2D eigenvalue weighted by Crippen LogP contribution is -2.22. The Morgan fingerprint density at radius 3 is 2.23 bits per heavy atom. The van der Waals surface area contributed by atoms with Crippen molar-refractivity contribution in [3.8, 4) is 11.5 Å². The summed E-state index contributed by atoms with van der Waals surface area (Å²) in [7, 11) is 0. The molecule has 0 unspecified atom stereocenters. The SMILES string of the molecule is Cc1cc(Cl)ccc1Oc1cccc2c1C(=O)c1cccc(N)c1C2=O. The first-order valence-corrected chi connectivity index (χ1v) is 8.40. The molecule has 0 radical (unpaired) electrons. The second kappa shape index (κ2) is 6.00. The third-order valence-electron chi connectivity index (χ3n) is 4.42. The van der Waals surface area contributed by atoms with Gasteiger partial charge in [-0.3, -0.25) is 9.59 Å².